The van der Waals surface area contributed by atoms with E-state index in [0.29, 0.717) is 153 Å². The fraction of sp³-hybridized carbons (Fsp3) is 0.540. The molecule has 3 aromatic carbocycles. The summed E-state index contributed by atoms with van der Waals surface area (Å²) in [6.45, 7) is 11.3. The van der Waals surface area contributed by atoms with E-state index in [1.807, 2.05) is 48.5 Å². The molecule has 1 heterocycles. The standard InChI is InChI=1S/C50H64BrNO15/c1-48-42(36-6-12-39(13-7-36)65-33-30-62-27-24-59-21-18-56-3)43(37-8-14-40(15-9-37)66-34-31-63-28-25-60-22-19-57-4)49(2,46(48)54)50(51)44(48)45(53)52(47(50)55)38-10-16-41(17-11-38)67-35-32-64-29-26-61-23-20-58-5/h6-17,44H,18-35H2,1-5H3. The van der Waals surface area contributed by atoms with E-state index >= 15 is 4.79 Å². The van der Waals surface area contributed by atoms with Crippen molar-refractivity contribution < 1.29 is 71.2 Å². The van der Waals surface area contributed by atoms with Gasteiger partial charge in [0.05, 0.1) is 122 Å². The number of halogens is 1. The summed E-state index contributed by atoms with van der Waals surface area (Å²) >= 11 is 3.87. The molecule has 1 saturated carbocycles. The maximum Gasteiger partial charge on any atom is 0.252 e. The third kappa shape index (κ3) is 11.6. The molecule has 4 atom stereocenters. The second-order valence-corrected chi connectivity index (χ2v) is 17.5. The molecule has 4 unspecified atom stereocenters. The van der Waals surface area contributed by atoms with Crippen LogP contribution in [0, 0.1) is 16.7 Å². The van der Waals surface area contributed by atoms with Crippen molar-refractivity contribution in [3.05, 3.63) is 83.9 Å². The molecule has 2 fully saturated rings. The van der Waals surface area contributed by atoms with Crippen molar-refractivity contribution in [3.8, 4) is 17.2 Å². The third-order valence-corrected chi connectivity index (χ3v) is 13.8. The van der Waals surface area contributed by atoms with E-state index in [1.165, 1.54) is 4.90 Å². The molecule has 1 saturated heterocycles. The Morgan fingerprint density at radius 1 is 0.463 bits per heavy atom. The lowest BCUT2D eigenvalue weighted by Crippen LogP contribution is -2.50. The number of anilines is 1. The van der Waals surface area contributed by atoms with Gasteiger partial charge in [-0.3, -0.25) is 14.4 Å². The Kier molecular flexibility index (Phi) is 19.7. The quantitative estimate of drug-likeness (QED) is 0.0414. The van der Waals surface area contributed by atoms with Gasteiger partial charge >= 0.3 is 0 Å². The lowest BCUT2D eigenvalue weighted by atomic mass is 9.63. The minimum Gasteiger partial charge on any atom is -0.491 e. The number of nitrogens with zero attached hydrogens (tertiary/aromatic N) is 1. The van der Waals surface area contributed by atoms with Crippen molar-refractivity contribution in [2.24, 2.45) is 16.7 Å². The Labute approximate surface area is 401 Å². The molecule has 2 aliphatic carbocycles. The summed E-state index contributed by atoms with van der Waals surface area (Å²) in [5, 5.41) is 0. The van der Waals surface area contributed by atoms with Gasteiger partial charge in [0.25, 0.3) is 5.91 Å². The first-order valence-electron chi connectivity index (χ1n) is 22.6. The molecule has 2 amide bonds. The number of amides is 2. The molecule has 1 aliphatic heterocycles. The monoisotopic (exact) mass is 997 g/mol. The number of hydrogen-bond donors (Lipinski definition) is 0. The molecule has 17 heteroatoms. The number of rotatable bonds is 33. The van der Waals surface area contributed by atoms with Crippen LogP contribution in [0.1, 0.15) is 25.0 Å². The molecule has 0 aromatic heterocycles. The number of fused-ring (bicyclic) bond motifs is 5. The number of carbonyl (C=O) groups is 3. The lowest BCUT2D eigenvalue weighted by Gasteiger charge is -2.41. The molecule has 16 nitrogen and oxygen atoms in total. The predicted molar refractivity (Wildman–Crippen MR) is 252 cm³/mol. The van der Waals surface area contributed by atoms with Gasteiger partial charge in [0, 0.05) is 21.3 Å². The number of imide groups is 1. The average molecular weight is 999 g/mol. The highest BCUT2D eigenvalue weighted by Gasteiger charge is 2.85. The summed E-state index contributed by atoms with van der Waals surface area (Å²) in [6.07, 6.45) is 0. The number of ketones is 1. The summed E-state index contributed by atoms with van der Waals surface area (Å²) in [5.41, 5.74) is 0.268. The second-order valence-electron chi connectivity index (χ2n) is 16.3. The molecule has 3 aliphatic rings. The highest BCUT2D eigenvalue weighted by molar-refractivity contribution is 9.10. The zero-order valence-electron chi connectivity index (χ0n) is 39.2. The zero-order chi connectivity index (χ0) is 47.7. The van der Waals surface area contributed by atoms with Crippen molar-refractivity contribution in [1.29, 1.82) is 0 Å². The van der Waals surface area contributed by atoms with Crippen molar-refractivity contribution in [1.82, 2.24) is 0 Å². The summed E-state index contributed by atoms with van der Waals surface area (Å²) in [4.78, 5) is 46.3. The minimum atomic E-state index is -1.60. The number of benzene rings is 3. The number of allylic oxidation sites excluding steroid dienone is 2. The smallest absolute Gasteiger partial charge is 0.252 e. The maximum absolute atomic E-state index is 15.2. The summed E-state index contributed by atoms with van der Waals surface area (Å²) < 4.78 is 64.4. The van der Waals surface area contributed by atoms with Crippen LogP contribution >= 0.6 is 15.9 Å². The Morgan fingerprint density at radius 2 is 0.791 bits per heavy atom. The normalized spacial score (nSPS) is 22.0. The summed E-state index contributed by atoms with van der Waals surface area (Å²) in [6, 6.07) is 21.7. The Balaban J connectivity index is 1.20. The largest absolute Gasteiger partial charge is 0.491 e. The van der Waals surface area contributed by atoms with E-state index in [9.17, 15) is 9.59 Å². The topological polar surface area (TPSA) is 165 Å². The van der Waals surface area contributed by atoms with Crippen LogP contribution in [0.3, 0.4) is 0 Å². The fourth-order valence-electron chi connectivity index (χ4n) is 9.01. The SMILES string of the molecule is COCCOCCOCCOc1ccc(C2=C(c3ccc(OCCOCCOCCOC)cc3)C3(C)C(=O)C2(C)C2C(=O)N(c4ccc(OCCOCCOCCOC)cc4)C(=O)C23Br)cc1. The van der Waals surface area contributed by atoms with Gasteiger partial charge in [-0.15, -0.1) is 0 Å². The van der Waals surface area contributed by atoms with Gasteiger partial charge in [-0.05, 0) is 84.7 Å². The number of alkyl halides is 1. The highest BCUT2D eigenvalue weighted by atomic mass is 79.9. The lowest BCUT2D eigenvalue weighted by molar-refractivity contribution is -0.133. The van der Waals surface area contributed by atoms with Crippen LogP contribution in [0.5, 0.6) is 17.2 Å². The molecular weight excluding hydrogens is 934 g/mol. The minimum absolute atomic E-state index is 0.215. The second kappa shape index (κ2) is 25.4. The molecule has 3 aromatic rings. The molecule has 0 N–H and O–H groups in total. The summed E-state index contributed by atoms with van der Waals surface area (Å²) in [7, 11) is 4.87. The highest BCUT2D eigenvalue weighted by Crippen LogP contribution is 2.77. The van der Waals surface area contributed by atoms with Crippen molar-refractivity contribution >= 4 is 50.4 Å². The van der Waals surface area contributed by atoms with Crippen molar-refractivity contribution in [2.45, 2.75) is 18.2 Å². The van der Waals surface area contributed by atoms with Gasteiger partial charge in [-0.2, -0.15) is 0 Å². The third-order valence-electron chi connectivity index (χ3n) is 12.2. The van der Waals surface area contributed by atoms with Gasteiger partial charge in [-0.1, -0.05) is 40.2 Å². The molecule has 2 bridgehead atoms. The Bertz CT molecular complexity index is 2080. The first-order chi connectivity index (χ1) is 32.6. The van der Waals surface area contributed by atoms with E-state index in [1.54, 1.807) is 59.4 Å². The molecular formula is C50H64BrNO15. The van der Waals surface area contributed by atoms with Gasteiger partial charge in [0.2, 0.25) is 5.91 Å². The van der Waals surface area contributed by atoms with Crippen LogP contribution in [0.25, 0.3) is 11.1 Å². The van der Waals surface area contributed by atoms with Crippen molar-refractivity contribution in [2.75, 3.05) is 145 Å². The Morgan fingerprint density at radius 3 is 1.16 bits per heavy atom. The van der Waals surface area contributed by atoms with E-state index in [2.05, 4.69) is 15.9 Å². The molecule has 0 spiro atoms. The van der Waals surface area contributed by atoms with Crippen LogP contribution in [-0.2, 0) is 57.0 Å². The Hall–Kier alpha value is -4.27. The first-order valence-corrected chi connectivity index (χ1v) is 23.4. The molecule has 6 rings (SSSR count). The zero-order valence-corrected chi connectivity index (χ0v) is 40.8. The van der Waals surface area contributed by atoms with E-state index in [4.69, 9.17) is 56.8 Å². The van der Waals surface area contributed by atoms with Crippen LogP contribution in [-0.4, -0.2) is 162 Å². The van der Waals surface area contributed by atoms with E-state index in [0.717, 1.165) is 11.1 Å². The van der Waals surface area contributed by atoms with Crippen LogP contribution < -0.4 is 19.1 Å². The van der Waals surface area contributed by atoms with E-state index in [-0.39, 0.29) is 5.78 Å². The van der Waals surface area contributed by atoms with Gasteiger partial charge < -0.3 is 56.8 Å². The maximum atomic E-state index is 15.2. The average Bonchev–Trinajstić information content (AvgIpc) is 3.73. The van der Waals surface area contributed by atoms with Crippen LogP contribution in [0.4, 0.5) is 5.69 Å². The molecule has 366 valence electrons. The fourth-order valence-corrected chi connectivity index (χ4v) is 10.2. The number of methoxy groups -OCH3 is 3. The number of ether oxygens (including phenoxy) is 12. The molecule has 0 radical (unpaired) electrons. The van der Waals surface area contributed by atoms with Gasteiger partial charge in [0.1, 0.15) is 41.4 Å². The van der Waals surface area contributed by atoms with E-state index < -0.39 is 32.9 Å². The molecule has 67 heavy (non-hydrogen) atoms. The number of carbonyl (C=O) groups excluding carboxylic acids is 3. The van der Waals surface area contributed by atoms with Crippen LogP contribution in [0.2, 0.25) is 0 Å². The first kappa shape index (κ1) is 52.1. The van der Waals surface area contributed by atoms with Crippen molar-refractivity contribution in [3.63, 3.8) is 0 Å². The predicted octanol–water partition coefficient (Wildman–Crippen LogP) is 5.70. The van der Waals surface area contributed by atoms with Crippen LogP contribution in [0.15, 0.2) is 72.8 Å². The van der Waals surface area contributed by atoms with Gasteiger partial charge in [-0.25, -0.2) is 4.90 Å². The number of hydrogen-bond acceptors (Lipinski definition) is 15. The summed E-state index contributed by atoms with van der Waals surface area (Å²) in [5.74, 6) is -0.494. The van der Waals surface area contributed by atoms with Gasteiger partial charge in [0.15, 0.2) is 5.78 Å². The number of Topliss-reactive ketones (excluding diaryl/α,β-unsaturated/α-hetero) is 1.